The summed E-state index contributed by atoms with van der Waals surface area (Å²) in [6.45, 7) is 19.7. The third kappa shape index (κ3) is 3.42. The fourth-order valence-corrected chi connectivity index (χ4v) is 9.45. The molecule has 0 aromatic heterocycles. The Balaban J connectivity index is 1.67. The van der Waals surface area contributed by atoms with Gasteiger partial charge in [-0.15, -0.1) is 0 Å². The molecule has 176 valence electrons. The minimum Gasteiger partial charge on any atom is -0.295 e. The zero-order valence-electron chi connectivity index (χ0n) is 22.0. The summed E-state index contributed by atoms with van der Waals surface area (Å²) >= 11 is 0. The SMILES string of the molecule is CC(C)CCC[C@@H](C)[C@H]1CC[C@@]2(C)C3=C(CC[C@]12C)[C@@]1(C)CCCC(C)(C)C1CC3=O. The van der Waals surface area contributed by atoms with Gasteiger partial charge in [-0.3, -0.25) is 4.79 Å². The van der Waals surface area contributed by atoms with E-state index >= 15 is 0 Å². The Hall–Kier alpha value is -0.590. The molecule has 0 aliphatic heterocycles. The quantitative estimate of drug-likeness (QED) is 0.429. The number of carbonyl (C=O) groups excluding carboxylic acids is 1. The van der Waals surface area contributed by atoms with Gasteiger partial charge < -0.3 is 0 Å². The van der Waals surface area contributed by atoms with E-state index in [-0.39, 0.29) is 10.8 Å². The molecule has 4 aliphatic carbocycles. The molecule has 0 heterocycles. The van der Waals surface area contributed by atoms with Crippen molar-refractivity contribution in [3.05, 3.63) is 11.1 Å². The second-order valence-corrected chi connectivity index (χ2v) is 14.0. The summed E-state index contributed by atoms with van der Waals surface area (Å²) in [5.74, 6) is 3.45. The molecule has 1 nitrogen and oxygen atoms in total. The Morgan fingerprint density at radius 1 is 0.935 bits per heavy atom. The first kappa shape index (κ1) is 23.6. The van der Waals surface area contributed by atoms with Gasteiger partial charge in [-0.25, -0.2) is 0 Å². The Labute approximate surface area is 193 Å². The summed E-state index contributed by atoms with van der Waals surface area (Å²) in [6.07, 6.45) is 13.9. The lowest BCUT2D eigenvalue weighted by atomic mass is 9.43. The molecule has 0 amide bonds. The van der Waals surface area contributed by atoms with Crippen LogP contribution in [0.15, 0.2) is 11.1 Å². The van der Waals surface area contributed by atoms with E-state index in [4.69, 9.17) is 0 Å². The van der Waals surface area contributed by atoms with Gasteiger partial charge in [0.25, 0.3) is 0 Å². The number of rotatable bonds is 5. The second kappa shape index (κ2) is 7.73. The number of ketones is 1. The highest BCUT2D eigenvalue weighted by atomic mass is 16.1. The van der Waals surface area contributed by atoms with Gasteiger partial charge in [0, 0.05) is 17.4 Å². The molecule has 4 aliphatic rings. The van der Waals surface area contributed by atoms with Gasteiger partial charge in [-0.1, -0.05) is 86.6 Å². The van der Waals surface area contributed by atoms with Crippen molar-refractivity contribution < 1.29 is 4.79 Å². The monoisotopic (exact) mass is 426 g/mol. The number of carbonyl (C=O) groups is 1. The molecule has 1 unspecified atom stereocenters. The van der Waals surface area contributed by atoms with Crippen LogP contribution in [0.4, 0.5) is 0 Å². The van der Waals surface area contributed by atoms with Gasteiger partial charge >= 0.3 is 0 Å². The molecule has 6 atom stereocenters. The number of fused-ring (bicyclic) bond motifs is 4. The lowest BCUT2D eigenvalue weighted by Gasteiger charge is -2.60. The van der Waals surface area contributed by atoms with Gasteiger partial charge in [-0.05, 0) is 78.4 Å². The summed E-state index contributed by atoms with van der Waals surface area (Å²) in [5, 5.41) is 0. The van der Waals surface area contributed by atoms with Crippen molar-refractivity contribution in [3.63, 3.8) is 0 Å². The van der Waals surface area contributed by atoms with Crippen LogP contribution in [-0.4, -0.2) is 5.78 Å². The second-order valence-electron chi connectivity index (χ2n) is 14.0. The van der Waals surface area contributed by atoms with Gasteiger partial charge in [0.15, 0.2) is 5.78 Å². The molecular weight excluding hydrogens is 376 g/mol. The van der Waals surface area contributed by atoms with Crippen LogP contribution in [0.2, 0.25) is 0 Å². The van der Waals surface area contributed by atoms with Crippen LogP contribution in [0.5, 0.6) is 0 Å². The normalized spacial score (nSPS) is 42.9. The van der Waals surface area contributed by atoms with Crippen molar-refractivity contribution in [2.24, 2.45) is 45.3 Å². The van der Waals surface area contributed by atoms with Crippen LogP contribution in [0, 0.1) is 45.3 Å². The van der Waals surface area contributed by atoms with Crippen LogP contribution < -0.4 is 0 Å². The molecule has 4 rings (SSSR count). The number of hydrogen-bond donors (Lipinski definition) is 0. The lowest BCUT2D eigenvalue weighted by molar-refractivity contribution is -0.126. The highest BCUT2D eigenvalue weighted by Crippen LogP contribution is 2.71. The van der Waals surface area contributed by atoms with E-state index in [1.54, 1.807) is 5.57 Å². The zero-order valence-corrected chi connectivity index (χ0v) is 22.0. The van der Waals surface area contributed by atoms with E-state index in [2.05, 4.69) is 55.4 Å². The highest BCUT2D eigenvalue weighted by molar-refractivity contribution is 5.99. The van der Waals surface area contributed by atoms with Crippen molar-refractivity contribution >= 4 is 5.78 Å². The van der Waals surface area contributed by atoms with E-state index in [9.17, 15) is 4.79 Å². The number of Topliss-reactive ketones (excluding diaryl/α,β-unsaturated/α-hetero) is 1. The van der Waals surface area contributed by atoms with Crippen molar-refractivity contribution in [1.29, 1.82) is 0 Å². The van der Waals surface area contributed by atoms with Gasteiger partial charge in [0.05, 0.1) is 0 Å². The standard InChI is InChI=1S/C30H50O/c1-20(2)11-9-12-21(3)22-13-18-30(8)26-23(14-17-29(22,30)7)28(6)16-10-15-27(4,5)25(28)19-24(26)31/h20-22,25H,9-19H2,1-8H3/t21-,22-,25?,28-,29-,30+/m1/s1. The van der Waals surface area contributed by atoms with E-state index in [0.717, 1.165) is 24.2 Å². The first-order valence-electron chi connectivity index (χ1n) is 13.6. The Kier molecular flexibility index (Phi) is 5.88. The Morgan fingerprint density at radius 3 is 2.32 bits per heavy atom. The lowest BCUT2D eigenvalue weighted by Crippen LogP contribution is -2.54. The average molecular weight is 427 g/mol. The van der Waals surface area contributed by atoms with E-state index in [1.807, 2.05) is 0 Å². The molecule has 31 heavy (non-hydrogen) atoms. The summed E-state index contributed by atoms with van der Waals surface area (Å²) in [6, 6.07) is 0. The first-order valence-corrected chi connectivity index (χ1v) is 13.6. The van der Waals surface area contributed by atoms with Crippen LogP contribution in [-0.2, 0) is 4.79 Å². The van der Waals surface area contributed by atoms with Crippen LogP contribution >= 0.6 is 0 Å². The summed E-state index contributed by atoms with van der Waals surface area (Å²) in [5.41, 5.74) is 3.92. The van der Waals surface area contributed by atoms with Crippen LogP contribution in [0.1, 0.15) is 126 Å². The fourth-order valence-electron chi connectivity index (χ4n) is 9.45. The smallest absolute Gasteiger partial charge is 0.159 e. The predicted molar refractivity (Wildman–Crippen MR) is 132 cm³/mol. The number of allylic oxidation sites excluding steroid dienone is 2. The maximum atomic E-state index is 13.9. The number of hydrogen-bond acceptors (Lipinski definition) is 1. The molecule has 0 radical (unpaired) electrons. The van der Waals surface area contributed by atoms with Crippen molar-refractivity contribution in [2.45, 2.75) is 126 Å². The third-order valence-corrected chi connectivity index (χ3v) is 11.5. The summed E-state index contributed by atoms with van der Waals surface area (Å²) in [7, 11) is 0. The molecule has 0 saturated heterocycles. The zero-order chi connectivity index (χ0) is 22.8. The van der Waals surface area contributed by atoms with Crippen molar-refractivity contribution in [2.75, 3.05) is 0 Å². The topological polar surface area (TPSA) is 17.1 Å². The average Bonchev–Trinajstić information content (AvgIpc) is 2.94. The van der Waals surface area contributed by atoms with Crippen LogP contribution in [0.25, 0.3) is 0 Å². The van der Waals surface area contributed by atoms with E-state index in [0.29, 0.717) is 22.5 Å². The van der Waals surface area contributed by atoms with Gasteiger partial charge in [-0.2, -0.15) is 0 Å². The molecule has 0 bridgehead atoms. The van der Waals surface area contributed by atoms with Gasteiger partial charge in [0.2, 0.25) is 0 Å². The Bertz CT molecular complexity index is 756. The minimum absolute atomic E-state index is 0.101. The molecule has 0 aromatic rings. The fraction of sp³-hybridized carbons (Fsp3) is 0.900. The maximum absolute atomic E-state index is 13.9. The molecule has 0 spiro atoms. The van der Waals surface area contributed by atoms with E-state index in [1.165, 1.54) is 69.8 Å². The molecule has 2 saturated carbocycles. The van der Waals surface area contributed by atoms with E-state index < -0.39 is 0 Å². The maximum Gasteiger partial charge on any atom is 0.159 e. The predicted octanol–water partition coefficient (Wildman–Crippen LogP) is 8.77. The molecule has 0 aromatic carbocycles. The van der Waals surface area contributed by atoms with Gasteiger partial charge in [0.1, 0.15) is 0 Å². The van der Waals surface area contributed by atoms with Crippen molar-refractivity contribution in [1.82, 2.24) is 0 Å². The summed E-state index contributed by atoms with van der Waals surface area (Å²) < 4.78 is 0. The molecule has 2 fully saturated rings. The minimum atomic E-state index is 0.101. The first-order chi connectivity index (χ1) is 14.4. The highest BCUT2D eigenvalue weighted by Gasteiger charge is 2.64. The van der Waals surface area contributed by atoms with Crippen molar-refractivity contribution in [3.8, 4) is 0 Å². The Morgan fingerprint density at radius 2 is 1.65 bits per heavy atom. The molecule has 1 heteroatoms. The largest absolute Gasteiger partial charge is 0.295 e. The molecular formula is C30H50O. The van der Waals surface area contributed by atoms with Crippen LogP contribution in [0.3, 0.4) is 0 Å². The molecule has 0 N–H and O–H groups in total. The summed E-state index contributed by atoms with van der Waals surface area (Å²) in [4.78, 5) is 13.9. The third-order valence-electron chi connectivity index (χ3n) is 11.5.